The second-order valence-electron chi connectivity index (χ2n) is 8.85. The lowest BCUT2D eigenvalue weighted by atomic mass is 9.98. The van der Waals surface area contributed by atoms with Crippen molar-refractivity contribution in [2.75, 3.05) is 18.6 Å². The number of anilines is 1. The largest absolute Gasteiger partial charge is 0.496 e. The van der Waals surface area contributed by atoms with Crippen LogP contribution in [-0.2, 0) is 11.5 Å². The van der Waals surface area contributed by atoms with Crippen molar-refractivity contribution in [3.05, 3.63) is 62.7 Å². The molecule has 1 unspecified atom stereocenters. The van der Waals surface area contributed by atoms with Crippen molar-refractivity contribution in [2.45, 2.75) is 45.8 Å². The fourth-order valence-corrected chi connectivity index (χ4v) is 5.51. The summed E-state index contributed by atoms with van der Waals surface area (Å²) < 4.78 is 20.1. The number of nitrogens with zero attached hydrogens (tertiary/aromatic N) is 2. The van der Waals surface area contributed by atoms with Crippen molar-refractivity contribution in [1.82, 2.24) is 4.98 Å². The molecular formula is C27H28ClFN2O3S. The molecule has 35 heavy (non-hydrogen) atoms. The van der Waals surface area contributed by atoms with Gasteiger partial charge < -0.3 is 9.64 Å². The van der Waals surface area contributed by atoms with Crippen LogP contribution in [-0.4, -0.2) is 23.9 Å². The molecule has 0 radical (unpaired) electrons. The number of thiazole rings is 1. The van der Waals surface area contributed by atoms with E-state index in [-0.39, 0.29) is 12.6 Å². The highest BCUT2D eigenvalue weighted by molar-refractivity contribution is 7.16. The molecule has 1 fully saturated rings. The maximum absolute atomic E-state index is 14.7. The number of ether oxygens (including phenoxy) is 1. The third-order valence-electron chi connectivity index (χ3n) is 6.34. The minimum absolute atomic E-state index is 0.136. The second-order valence-corrected chi connectivity index (χ2v) is 10.4. The molecule has 1 saturated carbocycles. The van der Waals surface area contributed by atoms with Crippen LogP contribution in [0.1, 0.15) is 46.9 Å². The predicted molar refractivity (Wildman–Crippen MR) is 139 cm³/mol. The lowest BCUT2D eigenvalue weighted by Gasteiger charge is -2.31. The van der Waals surface area contributed by atoms with E-state index in [1.807, 2.05) is 26.0 Å². The van der Waals surface area contributed by atoms with E-state index in [9.17, 15) is 4.39 Å². The van der Waals surface area contributed by atoms with Gasteiger partial charge in [-0.3, -0.25) is 5.26 Å². The Morgan fingerprint density at radius 3 is 2.71 bits per heavy atom. The topological polar surface area (TPSA) is 54.8 Å². The number of halogens is 2. The smallest absolute Gasteiger partial charge is 0.187 e. The summed E-state index contributed by atoms with van der Waals surface area (Å²) in [6.07, 6.45) is 8.95. The normalized spacial score (nSPS) is 14.0. The molecular weight excluding hydrogens is 487 g/mol. The van der Waals surface area contributed by atoms with Crippen LogP contribution in [0.25, 0.3) is 11.3 Å². The van der Waals surface area contributed by atoms with Gasteiger partial charge in [0.1, 0.15) is 18.2 Å². The number of hydrogen-bond acceptors (Lipinski definition) is 6. The van der Waals surface area contributed by atoms with E-state index in [1.54, 1.807) is 30.6 Å². The molecule has 0 bridgehead atoms. The molecule has 4 rings (SSSR count). The molecule has 2 aromatic carbocycles. The molecule has 1 N–H and O–H groups in total. The Labute approximate surface area is 214 Å². The highest BCUT2D eigenvalue weighted by Gasteiger charge is 2.32. The molecule has 1 heterocycles. The fraction of sp³-hybridized carbons (Fsp3) is 0.370. The Morgan fingerprint density at radius 2 is 2.09 bits per heavy atom. The second kappa shape index (κ2) is 11.0. The van der Waals surface area contributed by atoms with E-state index in [0.717, 1.165) is 57.4 Å². The van der Waals surface area contributed by atoms with Gasteiger partial charge in [0, 0.05) is 16.0 Å². The van der Waals surface area contributed by atoms with Crippen LogP contribution in [0, 0.1) is 37.9 Å². The van der Waals surface area contributed by atoms with Crippen LogP contribution in [0.3, 0.4) is 0 Å². The summed E-state index contributed by atoms with van der Waals surface area (Å²) in [4.78, 5) is 12.2. The molecule has 3 aromatic rings. The zero-order chi connectivity index (χ0) is 25.1. The number of terminal acetylenes is 1. The van der Waals surface area contributed by atoms with Gasteiger partial charge in [0.15, 0.2) is 5.13 Å². The maximum atomic E-state index is 14.7. The SMILES string of the molecule is C#CCN(c1nc(-c2cc(C)c(OC)cc2Cl)c(C)s1)C(CC1CC1)c1ccc(COO)c(F)c1. The number of hydrogen-bond donors (Lipinski definition) is 1. The maximum Gasteiger partial charge on any atom is 0.187 e. The van der Waals surface area contributed by atoms with E-state index in [1.165, 1.54) is 6.07 Å². The summed E-state index contributed by atoms with van der Waals surface area (Å²) in [6, 6.07) is 8.68. The zero-order valence-corrected chi connectivity index (χ0v) is 21.5. The summed E-state index contributed by atoms with van der Waals surface area (Å²) in [5.41, 5.74) is 3.72. The van der Waals surface area contributed by atoms with Crippen LogP contribution in [0.5, 0.6) is 5.75 Å². The highest BCUT2D eigenvalue weighted by atomic mass is 35.5. The lowest BCUT2D eigenvalue weighted by Crippen LogP contribution is -2.29. The summed E-state index contributed by atoms with van der Waals surface area (Å²) in [5, 5.41) is 10.1. The number of rotatable bonds is 10. The van der Waals surface area contributed by atoms with Crippen LogP contribution < -0.4 is 9.64 Å². The molecule has 0 saturated heterocycles. The summed E-state index contributed by atoms with van der Waals surface area (Å²) >= 11 is 8.15. The first-order chi connectivity index (χ1) is 16.9. The van der Waals surface area contributed by atoms with Crippen molar-refractivity contribution < 1.29 is 19.3 Å². The number of aryl methyl sites for hydroxylation is 2. The van der Waals surface area contributed by atoms with Gasteiger partial charge in [0.2, 0.25) is 0 Å². The first-order valence-corrected chi connectivity index (χ1v) is 12.6. The summed E-state index contributed by atoms with van der Waals surface area (Å²) in [5.74, 6) is 3.64. The van der Waals surface area contributed by atoms with Crippen molar-refractivity contribution in [1.29, 1.82) is 0 Å². The van der Waals surface area contributed by atoms with Crippen LogP contribution in [0.4, 0.5) is 9.52 Å². The van der Waals surface area contributed by atoms with Crippen LogP contribution >= 0.6 is 22.9 Å². The summed E-state index contributed by atoms with van der Waals surface area (Å²) in [6.45, 7) is 4.12. The van der Waals surface area contributed by atoms with Gasteiger partial charge in [-0.25, -0.2) is 14.3 Å². The fourth-order valence-electron chi connectivity index (χ4n) is 4.30. The van der Waals surface area contributed by atoms with Crippen LogP contribution in [0.2, 0.25) is 5.02 Å². The van der Waals surface area contributed by atoms with Gasteiger partial charge in [-0.15, -0.1) is 17.8 Å². The van der Waals surface area contributed by atoms with Crippen LogP contribution in [0.15, 0.2) is 30.3 Å². The highest BCUT2D eigenvalue weighted by Crippen LogP contribution is 2.44. The van der Waals surface area contributed by atoms with E-state index >= 15 is 0 Å². The first kappa shape index (κ1) is 25.5. The quantitative estimate of drug-likeness (QED) is 0.176. The molecule has 8 heteroatoms. The van der Waals surface area contributed by atoms with E-state index < -0.39 is 5.82 Å². The Kier molecular flexibility index (Phi) is 7.98. The molecule has 1 aliphatic rings. The monoisotopic (exact) mass is 514 g/mol. The standard InChI is InChI=1S/C27H28ClFN2O3S/c1-5-10-31(24(12-18-6-7-18)19-8-9-20(15-34-32)23(29)13-19)27-30-26(17(3)35-27)21-11-16(2)25(33-4)14-22(21)28/h1,8-9,11,13-14,18,24,32H,6-7,10,12,15H2,2-4H3. The van der Waals surface area contributed by atoms with Crippen molar-refractivity contribution in [2.24, 2.45) is 5.92 Å². The average molecular weight is 515 g/mol. The van der Waals surface area contributed by atoms with Gasteiger partial charge in [0.25, 0.3) is 0 Å². The Morgan fingerprint density at radius 1 is 1.31 bits per heavy atom. The predicted octanol–water partition coefficient (Wildman–Crippen LogP) is 7.20. The zero-order valence-electron chi connectivity index (χ0n) is 20.0. The summed E-state index contributed by atoms with van der Waals surface area (Å²) in [7, 11) is 1.62. The Bertz CT molecular complexity index is 1250. The third kappa shape index (κ3) is 5.62. The van der Waals surface area contributed by atoms with Crippen molar-refractivity contribution in [3.8, 4) is 29.4 Å². The molecule has 1 aromatic heterocycles. The van der Waals surface area contributed by atoms with E-state index in [0.29, 0.717) is 23.0 Å². The van der Waals surface area contributed by atoms with Crippen molar-refractivity contribution in [3.63, 3.8) is 0 Å². The molecule has 0 aliphatic heterocycles. The first-order valence-electron chi connectivity index (χ1n) is 11.4. The molecule has 184 valence electrons. The molecule has 5 nitrogen and oxygen atoms in total. The van der Waals surface area contributed by atoms with Gasteiger partial charge in [-0.1, -0.05) is 42.5 Å². The number of methoxy groups -OCH3 is 1. The molecule has 1 atom stereocenters. The molecule has 0 spiro atoms. The minimum atomic E-state index is -0.422. The van der Waals surface area contributed by atoms with Gasteiger partial charge in [0.05, 0.1) is 30.4 Å². The molecule has 1 aliphatic carbocycles. The van der Waals surface area contributed by atoms with Crippen molar-refractivity contribution >= 4 is 28.1 Å². The Hall–Kier alpha value is -2.63. The molecule has 0 amide bonds. The lowest BCUT2D eigenvalue weighted by molar-refractivity contribution is -0.253. The van der Waals surface area contributed by atoms with E-state index in [4.69, 9.17) is 33.0 Å². The minimum Gasteiger partial charge on any atom is -0.496 e. The number of benzene rings is 2. The number of aromatic nitrogens is 1. The van der Waals surface area contributed by atoms with Gasteiger partial charge >= 0.3 is 0 Å². The Balaban J connectivity index is 1.75. The van der Waals surface area contributed by atoms with E-state index in [2.05, 4.69) is 15.7 Å². The average Bonchev–Trinajstić information content (AvgIpc) is 3.58. The third-order valence-corrected chi connectivity index (χ3v) is 7.66. The van der Waals surface area contributed by atoms with Gasteiger partial charge in [-0.05, 0) is 55.5 Å². The van der Waals surface area contributed by atoms with Gasteiger partial charge in [-0.2, -0.15) is 0 Å².